The van der Waals surface area contributed by atoms with E-state index in [1.54, 1.807) is 7.11 Å². The number of rotatable bonds is 6. The van der Waals surface area contributed by atoms with Crippen LogP contribution in [0.3, 0.4) is 0 Å². The molecule has 1 unspecified atom stereocenters. The first-order valence-corrected chi connectivity index (χ1v) is 9.90. The summed E-state index contributed by atoms with van der Waals surface area (Å²) in [5.74, 6) is 4.09. The zero-order valence-electron chi connectivity index (χ0n) is 16.3. The molecule has 2 saturated heterocycles. The van der Waals surface area contributed by atoms with E-state index in [0.29, 0.717) is 12.1 Å². The Balaban J connectivity index is 1.51. The van der Waals surface area contributed by atoms with Crippen LogP contribution in [0, 0.1) is 12.3 Å². The van der Waals surface area contributed by atoms with Gasteiger partial charge in [0.15, 0.2) is 0 Å². The van der Waals surface area contributed by atoms with Gasteiger partial charge in [0.2, 0.25) is 0 Å². The quantitative estimate of drug-likeness (QED) is 0.779. The lowest BCUT2D eigenvalue weighted by Gasteiger charge is -2.44. The van der Waals surface area contributed by atoms with Crippen LogP contribution in [-0.4, -0.2) is 35.8 Å². The maximum atomic E-state index is 11.5. The fourth-order valence-corrected chi connectivity index (χ4v) is 4.89. The second-order valence-corrected chi connectivity index (χ2v) is 7.84. The lowest BCUT2D eigenvalue weighted by molar-refractivity contribution is -0.0606. The van der Waals surface area contributed by atoms with Gasteiger partial charge < -0.3 is 14.6 Å². The van der Waals surface area contributed by atoms with Crippen LogP contribution in [0.15, 0.2) is 48.5 Å². The Morgan fingerprint density at radius 1 is 1.14 bits per heavy atom. The maximum Gasteiger partial charge on any atom is 0.148 e. The van der Waals surface area contributed by atoms with Gasteiger partial charge in [-0.15, -0.1) is 6.42 Å². The molecule has 2 heterocycles. The molecular weight excluding hydrogens is 350 g/mol. The number of hydrogen-bond donors (Lipinski definition) is 1. The first-order valence-electron chi connectivity index (χ1n) is 9.90. The van der Waals surface area contributed by atoms with E-state index in [1.807, 2.05) is 36.4 Å². The number of nitrogens with zero attached hydrogens (tertiary/aromatic N) is 1. The van der Waals surface area contributed by atoms with Crippen molar-refractivity contribution in [1.82, 2.24) is 4.90 Å². The standard InChI is InChI=1S/C24H27NO3/c1-3-13-28-21-8-6-7-18(14-21)17-25-19-11-12-20(25)16-24(26,15-19)22-9-4-5-10-23(22)27-2/h1,4-10,14,19-20,26H,11-13,15-17H2,2H3/t19-,20+,24?. The average molecular weight is 377 g/mol. The van der Waals surface area contributed by atoms with Crippen molar-refractivity contribution in [3.63, 3.8) is 0 Å². The van der Waals surface area contributed by atoms with Gasteiger partial charge in [-0.2, -0.15) is 0 Å². The monoisotopic (exact) mass is 377 g/mol. The number of fused-ring (bicyclic) bond motifs is 2. The first-order chi connectivity index (χ1) is 13.6. The molecule has 4 nitrogen and oxygen atoms in total. The second kappa shape index (κ2) is 7.87. The molecule has 4 rings (SSSR count). The molecule has 0 spiro atoms. The Labute approximate surface area is 167 Å². The maximum absolute atomic E-state index is 11.5. The summed E-state index contributed by atoms with van der Waals surface area (Å²) in [5, 5.41) is 11.5. The van der Waals surface area contributed by atoms with Gasteiger partial charge in [-0.1, -0.05) is 36.3 Å². The Hall–Kier alpha value is -2.48. The number of piperidine rings is 1. The van der Waals surface area contributed by atoms with Crippen LogP contribution in [0.5, 0.6) is 11.5 Å². The highest BCUT2D eigenvalue weighted by Gasteiger charge is 2.49. The summed E-state index contributed by atoms with van der Waals surface area (Å²) in [6.45, 7) is 1.15. The van der Waals surface area contributed by atoms with Crippen LogP contribution in [-0.2, 0) is 12.1 Å². The number of ether oxygens (including phenoxy) is 2. The van der Waals surface area contributed by atoms with E-state index in [2.05, 4.69) is 23.0 Å². The molecule has 0 saturated carbocycles. The van der Waals surface area contributed by atoms with E-state index in [1.165, 1.54) is 5.56 Å². The van der Waals surface area contributed by atoms with E-state index in [4.69, 9.17) is 15.9 Å². The minimum Gasteiger partial charge on any atom is -0.496 e. The summed E-state index contributed by atoms with van der Waals surface area (Å²) >= 11 is 0. The topological polar surface area (TPSA) is 41.9 Å². The fraction of sp³-hybridized carbons (Fsp3) is 0.417. The molecule has 2 aliphatic rings. The molecule has 0 aliphatic carbocycles. The number of hydrogen-bond acceptors (Lipinski definition) is 4. The molecule has 146 valence electrons. The molecule has 2 aromatic rings. The normalized spacial score (nSPS) is 26.6. The predicted molar refractivity (Wildman–Crippen MR) is 109 cm³/mol. The van der Waals surface area contributed by atoms with Gasteiger partial charge in [0, 0.05) is 24.2 Å². The SMILES string of the molecule is C#CCOc1cccc(CN2[C@@H]3CC[C@H]2CC(O)(c2ccccc2OC)C3)c1. The summed E-state index contributed by atoms with van der Waals surface area (Å²) < 4.78 is 11.1. The van der Waals surface area contributed by atoms with Gasteiger partial charge in [0.1, 0.15) is 18.1 Å². The molecule has 2 fully saturated rings. The van der Waals surface area contributed by atoms with Gasteiger partial charge in [0.25, 0.3) is 0 Å². The zero-order chi connectivity index (χ0) is 19.6. The lowest BCUT2D eigenvalue weighted by Crippen LogP contribution is -2.49. The number of para-hydroxylation sites is 1. The molecular formula is C24H27NO3. The van der Waals surface area contributed by atoms with Gasteiger partial charge >= 0.3 is 0 Å². The van der Waals surface area contributed by atoms with Crippen molar-refractivity contribution in [2.45, 2.75) is 49.9 Å². The van der Waals surface area contributed by atoms with Gasteiger partial charge in [-0.25, -0.2) is 0 Å². The summed E-state index contributed by atoms with van der Waals surface area (Å²) in [6.07, 6.45) is 8.99. The first kappa shape index (κ1) is 18.9. The summed E-state index contributed by atoms with van der Waals surface area (Å²) in [5.41, 5.74) is 1.31. The molecule has 2 aromatic carbocycles. The number of benzene rings is 2. The number of terminal acetylenes is 1. The third kappa shape index (κ3) is 3.61. The highest BCUT2D eigenvalue weighted by Crippen LogP contribution is 2.48. The Morgan fingerprint density at radius 2 is 1.89 bits per heavy atom. The third-order valence-corrected chi connectivity index (χ3v) is 6.11. The highest BCUT2D eigenvalue weighted by atomic mass is 16.5. The minimum absolute atomic E-state index is 0.282. The van der Waals surface area contributed by atoms with Crippen molar-refractivity contribution in [2.24, 2.45) is 0 Å². The molecule has 2 bridgehead atoms. The average Bonchev–Trinajstić information content (AvgIpc) is 2.96. The molecule has 0 aromatic heterocycles. The van der Waals surface area contributed by atoms with Crippen LogP contribution in [0.2, 0.25) is 0 Å². The predicted octanol–water partition coefficient (Wildman–Crippen LogP) is 3.72. The van der Waals surface area contributed by atoms with Gasteiger partial charge in [0.05, 0.1) is 12.7 Å². The Kier molecular flexibility index (Phi) is 5.30. The smallest absolute Gasteiger partial charge is 0.148 e. The van der Waals surface area contributed by atoms with E-state index in [0.717, 1.165) is 49.3 Å². The summed E-state index contributed by atoms with van der Waals surface area (Å²) in [6, 6.07) is 16.7. The van der Waals surface area contributed by atoms with E-state index in [9.17, 15) is 5.11 Å². The molecule has 0 amide bonds. The van der Waals surface area contributed by atoms with Crippen molar-refractivity contribution >= 4 is 0 Å². The highest BCUT2D eigenvalue weighted by molar-refractivity contribution is 5.39. The molecule has 1 N–H and O–H groups in total. The largest absolute Gasteiger partial charge is 0.496 e. The second-order valence-electron chi connectivity index (χ2n) is 7.84. The zero-order valence-corrected chi connectivity index (χ0v) is 16.3. The van der Waals surface area contributed by atoms with Crippen molar-refractivity contribution < 1.29 is 14.6 Å². The van der Waals surface area contributed by atoms with Gasteiger partial charge in [-0.3, -0.25) is 4.90 Å². The number of aliphatic hydroxyl groups is 1. The van der Waals surface area contributed by atoms with Crippen LogP contribution < -0.4 is 9.47 Å². The summed E-state index contributed by atoms with van der Waals surface area (Å²) in [7, 11) is 1.67. The van der Waals surface area contributed by atoms with Crippen molar-refractivity contribution in [2.75, 3.05) is 13.7 Å². The molecule has 4 heteroatoms. The molecule has 28 heavy (non-hydrogen) atoms. The fourth-order valence-electron chi connectivity index (χ4n) is 4.89. The van der Waals surface area contributed by atoms with E-state index >= 15 is 0 Å². The van der Waals surface area contributed by atoms with Crippen molar-refractivity contribution in [3.8, 4) is 23.8 Å². The van der Waals surface area contributed by atoms with Crippen molar-refractivity contribution in [1.29, 1.82) is 0 Å². The minimum atomic E-state index is -0.827. The number of methoxy groups -OCH3 is 1. The van der Waals surface area contributed by atoms with Crippen molar-refractivity contribution in [3.05, 3.63) is 59.7 Å². The van der Waals surface area contributed by atoms with E-state index < -0.39 is 5.60 Å². The molecule has 0 radical (unpaired) electrons. The van der Waals surface area contributed by atoms with E-state index in [-0.39, 0.29) is 6.61 Å². The van der Waals surface area contributed by atoms with Crippen LogP contribution in [0.25, 0.3) is 0 Å². The molecule has 3 atom stereocenters. The molecule has 2 aliphatic heterocycles. The van der Waals surface area contributed by atoms with Crippen LogP contribution in [0.4, 0.5) is 0 Å². The van der Waals surface area contributed by atoms with Crippen LogP contribution in [0.1, 0.15) is 36.8 Å². The Bertz CT molecular complexity index is 858. The summed E-state index contributed by atoms with van der Waals surface area (Å²) in [4.78, 5) is 2.55. The van der Waals surface area contributed by atoms with Gasteiger partial charge in [-0.05, 0) is 49.4 Å². The lowest BCUT2D eigenvalue weighted by atomic mass is 9.80. The third-order valence-electron chi connectivity index (χ3n) is 6.11. The van der Waals surface area contributed by atoms with Crippen LogP contribution >= 0.6 is 0 Å². The Morgan fingerprint density at radius 3 is 2.61 bits per heavy atom.